The zero-order valence-electron chi connectivity index (χ0n) is 15.0. The molecule has 26 heavy (non-hydrogen) atoms. The topological polar surface area (TPSA) is 97.6 Å². The Kier molecular flexibility index (Phi) is 9.07. The summed E-state index contributed by atoms with van der Waals surface area (Å²) in [5.41, 5.74) is 0.888. The number of carbonyl (C=O) groups is 3. The normalized spacial score (nSPS) is 12.5. The molecule has 9 heteroatoms. The molecule has 1 amide bonds. The van der Waals surface area contributed by atoms with Crippen molar-refractivity contribution in [2.24, 2.45) is 10.1 Å². The molecule has 0 heterocycles. The van der Waals surface area contributed by atoms with Gasteiger partial charge in [0.25, 0.3) is 5.91 Å². The van der Waals surface area contributed by atoms with Crippen LogP contribution in [0.15, 0.2) is 40.4 Å². The fraction of sp³-hybridized carbons (Fsp3) is 0.353. The number of hydrazone groups is 1. The van der Waals surface area contributed by atoms with Gasteiger partial charge in [-0.05, 0) is 11.8 Å². The second-order valence-electron chi connectivity index (χ2n) is 5.02. The quantitative estimate of drug-likeness (QED) is 0.321. The monoisotopic (exact) mass is 379 g/mol. The lowest BCUT2D eigenvalue weighted by Gasteiger charge is -2.16. The molecule has 1 aromatic rings. The van der Waals surface area contributed by atoms with Crippen LogP contribution in [0, 0.1) is 0 Å². The molecule has 140 valence electrons. The molecule has 1 unspecified atom stereocenters. The number of hydrogen-bond acceptors (Lipinski definition) is 7. The van der Waals surface area contributed by atoms with E-state index in [0.29, 0.717) is 5.17 Å². The molecule has 0 aliphatic carbocycles. The van der Waals surface area contributed by atoms with Crippen LogP contribution in [0.25, 0.3) is 0 Å². The molecule has 0 aliphatic rings. The van der Waals surface area contributed by atoms with E-state index in [4.69, 9.17) is 9.47 Å². The Morgan fingerprint density at radius 3 is 2.38 bits per heavy atom. The van der Waals surface area contributed by atoms with Gasteiger partial charge in [-0.3, -0.25) is 14.4 Å². The highest BCUT2D eigenvalue weighted by Crippen LogP contribution is 2.08. The minimum atomic E-state index is -1.30. The van der Waals surface area contributed by atoms with E-state index in [1.165, 1.54) is 23.7 Å². The van der Waals surface area contributed by atoms with E-state index in [0.717, 1.165) is 12.5 Å². The Morgan fingerprint density at radius 2 is 1.85 bits per heavy atom. The lowest BCUT2D eigenvalue weighted by atomic mass is 10.2. The summed E-state index contributed by atoms with van der Waals surface area (Å²) in [4.78, 5) is 38.3. The molecule has 0 fully saturated rings. The standard InChI is InChI=1S/C17H21N3O5S/c1-12(21)24-11-15(25-13(2)22)16(23)19-17(26-4)20(3)18-10-14-8-6-5-7-9-14/h5-10,15H,11H2,1-4H3. The van der Waals surface area contributed by atoms with Gasteiger partial charge in [-0.1, -0.05) is 42.1 Å². The number of amides is 1. The van der Waals surface area contributed by atoms with E-state index < -0.39 is 30.6 Å². The molecule has 1 aromatic carbocycles. The molecule has 0 spiro atoms. The number of thioether (sulfide) groups is 1. The number of carbonyl (C=O) groups excluding carboxylic acids is 3. The Morgan fingerprint density at radius 1 is 1.19 bits per heavy atom. The predicted octanol–water partition coefficient (Wildman–Crippen LogP) is 1.69. The maximum Gasteiger partial charge on any atom is 0.303 e. The van der Waals surface area contributed by atoms with Gasteiger partial charge in [-0.2, -0.15) is 10.1 Å². The molecule has 0 aromatic heterocycles. The average Bonchev–Trinajstić information content (AvgIpc) is 2.61. The molecular formula is C17H21N3O5S. The van der Waals surface area contributed by atoms with Crippen LogP contribution in [-0.4, -0.2) is 60.3 Å². The first-order valence-electron chi connectivity index (χ1n) is 7.63. The Hall–Kier alpha value is -2.68. The van der Waals surface area contributed by atoms with Crippen LogP contribution >= 0.6 is 11.8 Å². The molecule has 8 nitrogen and oxygen atoms in total. The smallest absolute Gasteiger partial charge is 0.303 e. The largest absolute Gasteiger partial charge is 0.461 e. The van der Waals surface area contributed by atoms with Crippen molar-refractivity contribution in [2.75, 3.05) is 19.9 Å². The number of amidine groups is 1. The number of ether oxygens (including phenoxy) is 2. The van der Waals surface area contributed by atoms with Crippen molar-refractivity contribution in [1.82, 2.24) is 5.01 Å². The van der Waals surface area contributed by atoms with Crippen molar-refractivity contribution in [2.45, 2.75) is 20.0 Å². The third-order valence-electron chi connectivity index (χ3n) is 2.87. The fourth-order valence-electron chi connectivity index (χ4n) is 1.71. The first-order chi connectivity index (χ1) is 12.3. The third kappa shape index (κ3) is 7.93. The predicted molar refractivity (Wildman–Crippen MR) is 99.9 cm³/mol. The molecule has 0 radical (unpaired) electrons. The summed E-state index contributed by atoms with van der Waals surface area (Å²) in [6, 6.07) is 9.43. The van der Waals surface area contributed by atoms with Crippen molar-refractivity contribution >= 4 is 41.0 Å². The molecule has 1 rings (SSSR count). The SMILES string of the molecule is CSC(=NC(=O)C(COC(C)=O)OC(C)=O)N(C)N=Cc1ccccc1. The van der Waals surface area contributed by atoms with Gasteiger partial charge in [-0.15, -0.1) is 0 Å². The highest BCUT2D eigenvalue weighted by Gasteiger charge is 2.24. The van der Waals surface area contributed by atoms with Crippen molar-refractivity contribution < 1.29 is 23.9 Å². The van der Waals surface area contributed by atoms with Crippen molar-refractivity contribution in [3.8, 4) is 0 Å². The number of hydrogen-bond donors (Lipinski definition) is 0. The zero-order chi connectivity index (χ0) is 19.5. The summed E-state index contributed by atoms with van der Waals surface area (Å²) in [5, 5.41) is 5.94. The summed E-state index contributed by atoms with van der Waals surface area (Å²) < 4.78 is 9.63. The van der Waals surface area contributed by atoms with E-state index in [9.17, 15) is 14.4 Å². The van der Waals surface area contributed by atoms with Crippen LogP contribution in [0.1, 0.15) is 19.4 Å². The van der Waals surface area contributed by atoms with Crippen LogP contribution in [0.2, 0.25) is 0 Å². The highest BCUT2D eigenvalue weighted by molar-refractivity contribution is 8.13. The van der Waals surface area contributed by atoms with E-state index in [-0.39, 0.29) is 0 Å². The first-order valence-corrected chi connectivity index (χ1v) is 8.85. The number of rotatable bonds is 6. The minimum Gasteiger partial charge on any atom is -0.461 e. The van der Waals surface area contributed by atoms with Crippen molar-refractivity contribution in [3.63, 3.8) is 0 Å². The Labute approximate surface area is 156 Å². The van der Waals surface area contributed by atoms with Gasteiger partial charge in [0, 0.05) is 20.9 Å². The molecule has 0 saturated carbocycles. The van der Waals surface area contributed by atoms with Gasteiger partial charge in [0.2, 0.25) is 6.10 Å². The fourth-order valence-corrected chi connectivity index (χ4v) is 2.20. The van der Waals surface area contributed by atoms with Crippen LogP contribution in [0.4, 0.5) is 0 Å². The van der Waals surface area contributed by atoms with E-state index in [2.05, 4.69) is 10.1 Å². The summed E-state index contributed by atoms with van der Waals surface area (Å²) in [6.07, 6.45) is 2.05. The Bertz CT molecular complexity index is 691. The second kappa shape index (κ2) is 11.0. The highest BCUT2D eigenvalue weighted by atomic mass is 32.2. The average molecular weight is 379 g/mol. The second-order valence-corrected chi connectivity index (χ2v) is 5.79. The molecule has 0 N–H and O–H groups in total. The van der Waals surface area contributed by atoms with Gasteiger partial charge in [0.15, 0.2) is 5.17 Å². The van der Waals surface area contributed by atoms with E-state index in [1.54, 1.807) is 19.5 Å². The van der Waals surface area contributed by atoms with Crippen LogP contribution in [-0.2, 0) is 23.9 Å². The maximum atomic E-state index is 12.3. The summed E-state index contributed by atoms with van der Waals surface area (Å²) in [5.74, 6) is -2.01. The minimum absolute atomic E-state index is 0.294. The molecule has 0 saturated heterocycles. The summed E-state index contributed by atoms with van der Waals surface area (Å²) >= 11 is 1.20. The maximum absolute atomic E-state index is 12.3. The number of benzene rings is 1. The number of nitrogens with zero attached hydrogens (tertiary/aromatic N) is 3. The Balaban J connectivity index is 2.87. The van der Waals surface area contributed by atoms with Gasteiger partial charge < -0.3 is 9.47 Å². The third-order valence-corrected chi connectivity index (χ3v) is 3.59. The van der Waals surface area contributed by atoms with Crippen molar-refractivity contribution in [3.05, 3.63) is 35.9 Å². The van der Waals surface area contributed by atoms with Crippen molar-refractivity contribution in [1.29, 1.82) is 0 Å². The van der Waals surface area contributed by atoms with Gasteiger partial charge in [0.05, 0.1) is 6.21 Å². The first kappa shape index (κ1) is 21.4. The van der Waals surface area contributed by atoms with Crippen LogP contribution in [0.3, 0.4) is 0 Å². The van der Waals surface area contributed by atoms with E-state index >= 15 is 0 Å². The molecular weight excluding hydrogens is 358 g/mol. The molecule has 1 atom stereocenters. The van der Waals surface area contributed by atoms with Gasteiger partial charge >= 0.3 is 11.9 Å². The van der Waals surface area contributed by atoms with Crippen LogP contribution in [0.5, 0.6) is 0 Å². The summed E-state index contributed by atoms with van der Waals surface area (Å²) in [6.45, 7) is 1.96. The van der Waals surface area contributed by atoms with E-state index in [1.807, 2.05) is 30.3 Å². The molecule has 0 aliphatic heterocycles. The van der Waals surface area contributed by atoms with Gasteiger partial charge in [-0.25, -0.2) is 5.01 Å². The lowest BCUT2D eigenvalue weighted by molar-refractivity contribution is -0.160. The zero-order valence-corrected chi connectivity index (χ0v) is 15.9. The van der Waals surface area contributed by atoms with Gasteiger partial charge in [0.1, 0.15) is 6.61 Å². The molecule has 0 bridgehead atoms. The van der Waals surface area contributed by atoms with Crippen LogP contribution < -0.4 is 0 Å². The summed E-state index contributed by atoms with van der Waals surface area (Å²) in [7, 11) is 1.63. The number of esters is 2. The number of aliphatic imine (C=N–C) groups is 1. The lowest BCUT2D eigenvalue weighted by Crippen LogP contribution is -2.32.